The lowest BCUT2D eigenvalue weighted by molar-refractivity contribution is -0.148. The maximum Gasteiger partial charge on any atom is 0.309 e. The predicted molar refractivity (Wildman–Crippen MR) is 85.8 cm³/mol. The molecule has 2 aromatic rings. The van der Waals surface area contributed by atoms with Gasteiger partial charge in [0.15, 0.2) is 5.65 Å². The van der Waals surface area contributed by atoms with Crippen molar-refractivity contribution in [3.63, 3.8) is 0 Å². The highest BCUT2D eigenvalue weighted by Crippen LogP contribution is 2.56. The van der Waals surface area contributed by atoms with Crippen molar-refractivity contribution in [2.75, 3.05) is 0 Å². The third-order valence-corrected chi connectivity index (χ3v) is 5.70. The topological polar surface area (TPSA) is 96.6 Å². The van der Waals surface area contributed by atoms with Crippen molar-refractivity contribution in [2.45, 2.75) is 51.5 Å². The first-order valence-corrected chi connectivity index (χ1v) is 8.22. The molecule has 0 unspecified atom stereocenters. The van der Waals surface area contributed by atoms with E-state index in [-0.39, 0.29) is 5.91 Å². The lowest BCUT2D eigenvalue weighted by atomic mass is 9.84. The Balaban J connectivity index is 1.63. The Labute approximate surface area is 139 Å². The Kier molecular flexibility index (Phi) is 3.01. The summed E-state index contributed by atoms with van der Waals surface area (Å²) in [4.78, 5) is 28.8. The molecule has 126 valence electrons. The van der Waals surface area contributed by atoms with Crippen molar-refractivity contribution >= 4 is 17.5 Å². The highest BCUT2D eigenvalue weighted by molar-refractivity contribution is 6.00. The molecule has 0 radical (unpaired) electrons. The van der Waals surface area contributed by atoms with E-state index in [1.165, 1.54) is 6.20 Å². The van der Waals surface area contributed by atoms with Gasteiger partial charge in [0.1, 0.15) is 5.56 Å². The first-order valence-electron chi connectivity index (χ1n) is 8.22. The summed E-state index contributed by atoms with van der Waals surface area (Å²) < 4.78 is 1.66. The summed E-state index contributed by atoms with van der Waals surface area (Å²) in [6, 6.07) is 1.91. The van der Waals surface area contributed by atoms with Gasteiger partial charge in [0.25, 0.3) is 5.91 Å². The number of hydrogen-bond acceptors (Lipinski definition) is 4. The van der Waals surface area contributed by atoms with Gasteiger partial charge in [-0.1, -0.05) is 0 Å². The number of fused-ring (bicyclic) bond motifs is 3. The number of carbonyl (C=O) groups is 2. The Morgan fingerprint density at radius 3 is 2.58 bits per heavy atom. The Hall–Kier alpha value is -2.44. The molecule has 0 aliphatic heterocycles. The molecule has 2 aliphatic rings. The zero-order chi connectivity index (χ0) is 17.1. The normalized spacial score (nSPS) is 28.4. The van der Waals surface area contributed by atoms with Crippen LogP contribution in [0.5, 0.6) is 0 Å². The molecule has 1 amide bonds. The SMILES string of the molecule is Cc1cc(C)n2ncc(C(=O)NC34CCC(C(=O)O)(CC3)C4)c2n1. The van der Waals surface area contributed by atoms with Crippen LogP contribution >= 0.6 is 0 Å². The number of hydrogen-bond donors (Lipinski definition) is 2. The van der Waals surface area contributed by atoms with Gasteiger partial charge in [0.05, 0.1) is 11.6 Å². The van der Waals surface area contributed by atoms with Crippen LogP contribution in [0, 0.1) is 19.3 Å². The first kappa shape index (κ1) is 15.1. The maximum atomic E-state index is 12.8. The summed E-state index contributed by atoms with van der Waals surface area (Å²) in [6.45, 7) is 3.81. The van der Waals surface area contributed by atoms with Gasteiger partial charge in [-0.3, -0.25) is 9.59 Å². The molecule has 2 bridgehead atoms. The van der Waals surface area contributed by atoms with Crippen LogP contribution in [0.2, 0.25) is 0 Å². The minimum atomic E-state index is -0.736. The van der Waals surface area contributed by atoms with E-state index >= 15 is 0 Å². The van der Waals surface area contributed by atoms with Crippen LogP contribution in [0.1, 0.15) is 53.8 Å². The van der Waals surface area contributed by atoms with E-state index in [9.17, 15) is 14.7 Å². The molecule has 0 atom stereocenters. The number of carbonyl (C=O) groups excluding carboxylic acids is 1. The number of carboxylic acids is 1. The molecule has 2 heterocycles. The number of rotatable bonds is 3. The second-order valence-corrected chi connectivity index (χ2v) is 7.33. The molecule has 24 heavy (non-hydrogen) atoms. The van der Waals surface area contributed by atoms with Crippen molar-refractivity contribution in [3.05, 3.63) is 29.2 Å². The van der Waals surface area contributed by atoms with Crippen LogP contribution in [0.3, 0.4) is 0 Å². The fraction of sp³-hybridized carbons (Fsp3) is 0.529. The van der Waals surface area contributed by atoms with Crippen molar-refractivity contribution in [1.29, 1.82) is 0 Å². The molecule has 2 saturated carbocycles. The molecular weight excluding hydrogens is 308 g/mol. The Morgan fingerprint density at radius 1 is 1.25 bits per heavy atom. The number of nitrogens with one attached hydrogen (secondary N) is 1. The van der Waals surface area contributed by atoms with Crippen LogP contribution in [0.4, 0.5) is 0 Å². The quantitative estimate of drug-likeness (QED) is 0.896. The summed E-state index contributed by atoms with van der Waals surface area (Å²) in [6.07, 6.45) is 4.76. The van der Waals surface area contributed by atoms with Crippen molar-refractivity contribution in [3.8, 4) is 0 Å². The number of aromatic nitrogens is 3. The van der Waals surface area contributed by atoms with Gasteiger partial charge < -0.3 is 10.4 Å². The lowest BCUT2D eigenvalue weighted by Gasteiger charge is -2.27. The average Bonchev–Trinajstić information content (AvgIpc) is 3.18. The molecule has 7 nitrogen and oxygen atoms in total. The van der Waals surface area contributed by atoms with E-state index in [0.717, 1.165) is 24.2 Å². The van der Waals surface area contributed by atoms with Gasteiger partial charge in [-0.25, -0.2) is 9.50 Å². The fourth-order valence-electron chi connectivity index (χ4n) is 4.41. The minimum absolute atomic E-state index is 0.217. The molecule has 2 aliphatic carbocycles. The van der Waals surface area contributed by atoms with Crippen molar-refractivity contribution < 1.29 is 14.7 Å². The van der Waals surface area contributed by atoms with E-state index < -0.39 is 16.9 Å². The number of amides is 1. The highest BCUT2D eigenvalue weighted by atomic mass is 16.4. The Morgan fingerprint density at radius 2 is 1.96 bits per heavy atom. The monoisotopic (exact) mass is 328 g/mol. The molecule has 2 aromatic heterocycles. The van der Waals surface area contributed by atoms with Crippen LogP contribution in [-0.4, -0.2) is 37.1 Å². The van der Waals surface area contributed by atoms with E-state index in [4.69, 9.17) is 0 Å². The standard InChI is InChI=1S/C17H20N4O3/c1-10-7-11(2)21-13(19-10)12(8-18-21)14(22)20-17-5-3-16(9-17,4-6-17)15(23)24/h7-8H,3-6,9H2,1-2H3,(H,20,22)(H,23,24). The first-order chi connectivity index (χ1) is 11.3. The third kappa shape index (κ3) is 2.03. The molecule has 2 N–H and O–H groups in total. The van der Waals surface area contributed by atoms with Crippen LogP contribution in [0.25, 0.3) is 5.65 Å². The second kappa shape index (κ2) is 4.78. The molecule has 0 spiro atoms. The fourth-order valence-corrected chi connectivity index (χ4v) is 4.41. The molecule has 4 rings (SSSR count). The van der Waals surface area contributed by atoms with Gasteiger partial charge >= 0.3 is 5.97 Å². The van der Waals surface area contributed by atoms with E-state index in [2.05, 4.69) is 15.4 Å². The van der Waals surface area contributed by atoms with Crippen LogP contribution < -0.4 is 5.32 Å². The second-order valence-electron chi connectivity index (χ2n) is 7.33. The van der Waals surface area contributed by atoms with Crippen molar-refractivity contribution in [2.24, 2.45) is 5.41 Å². The smallest absolute Gasteiger partial charge is 0.309 e. The van der Waals surface area contributed by atoms with Crippen LogP contribution in [-0.2, 0) is 4.79 Å². The van der Waals surface area contributed by atoms with E-state index in [1.54, 1.807) is 4.52 Å². The third-order valence-electron chi connectivity index (χ3n) is 5.70. The number of aryl methyl sites for hydroxylation is 2. The summed E-state index contributed by atoms with van der Waals surface area (Å²) in [5.74, 6) is -0.953. The Bertz CT molecular complexity index is 862. The highest BCUT2D eigenvalue weighted by Gasteiger charge is 2.58. The van der Waals surface area contributed by atoms with Crippen molar-refractivity contribution in [1.82, 2.24) is 19.9 Å². The van der Waals surface area contributed by atoms with Gasteiger partial charge in [-0.15, -0.1) is 0 Å². The van der Waals surface area contributed by atoms with E-state index in [1.807, 2.05) is 19.9 Å². The summed E-state index contributed by atoms with van der Waals surface area (Å²) in [5, 5.41) is 16.8. The molecular formula is C17H20N4O3. The summed E-state index contributed by atoms with van der Waals surface area (Å²) in [7, 11) is 0. The molecule has 2 fully saturated rings. The zero-order valence-corrected chi connectivity index (χ0v) is 13.8. The molecule has 0 saturated heterocycles. The number of aliphatic carboxylic acids is 1. The summed E-state index contributed by atoms with van der Waals surface area (Å²) >= 11 is 0. The van der Waals surface area contributed by atoms with Gasteiger partial charge in [0, 0.05) is 16.9 Å². The molecule has 7 heteroatoms. The largest absolute Gasteiger partial charge is 0.481 e. The minimum Gasteiger partial charge on any atom is -0.481 e. The summed E-state index contributed by atoms with van der Waals surface area (Å²) in [5.41, 5.74) is 1.68. The van der Waals surface area contributed by atoms with Crippen LogP contribution in [0.15, 0.2) is 12.3 Å². The predicted octanol–water partition coefficient (Wildman–Crippen LogP) is 1.86. The van der Waals surface area contributed by atoms with E-state index in [0.29, 0.717) is 30.5 Å². The van der Waals surface area contributed by atoms with Gasteiger partial charge in [0.2, 0.25) is 0 Å². The number of carboxylic acid groups (broad SMARTS) is 1. The maximum absolute atomic E-state index is 12.8. The molecule has 0 aromatic carbocycles. The van der Waals surface area contributed by atoms with Gasteiger partial charge in [-0.2, -0.15) is 5.10 Å². The number of nitrogens with zero attached hydrogens (tertiary/aromatic N) is 3. The zero-order valence-electron chi connectivity index (χ0n) is 13.8. The van der Waals surface area contributed by atoms with Gasteiger partial charge in [-0.05, 0) is 52.0 Å². The average molecular weight is 328 g/mol. The lowest BCUT2D eigenvalue weighted by Crippen LogP contribution is -2.45.